The molecular weight excluding hydrogens is 269 g/mol. The van der Waals surface area contributed by atoms with Gasteiger partial charge >= 0.3 is 6.18 Å². The van der Waals surface area contributed by atoms with Crippen LogP contribution in [0.5, 0.6) is 0 Å². The van der Waals surface area contributed by atoms with Crippen molar-refractivity contribution >= 4 is 5.78 Å². The minimum absolute atomic E-state index is 0.305. The molecule has 0 fully saturated rings. The van der Waals surface area contributed by atoms with Gasteiger partial charge in [0.1, 0.15) is 0 Å². The molecule has 1 aromatic rings. The molecule has 0 aliphatic heterocycles. The van der Waals surface area contributed by atoms with Gasteiger partial charge in [0.25, 0.3) is 0 Å². The molecule has 2 nitrogen and oxygen atoms in total. The highest BCUT2D eigenvalue weighted by molar-refractivity contribution is 5.84. The highest BCUT2D eigenvalue weighted by Gasteiger charge is 2.38. The molecule has 0 saturated heterocycles. The SMILES string of the molecule is C[C@H](C=CCOCc1ccccc1)CC(=O)C(F)(F)F. The average molecular weight is 286 g/mol. The van der Waals surface area contributed by atoms with E-state index in [1.54, 1.807) is 19.1 Å². The Morgan fingerprint density at radius 2 is 1.95 bits per heavy atom. The minimum atomic E-state index is -4.74. The summed E-state index contributed by atoms with van der Waals surface area (Å²) in [4.78, 5) is 10.8. The van der Waals surface area contributed by atoms with Gasteiger partial charge in [0.05, 0.1) is 13.2 Å². The zero-order valence-corrected chi connectivity index (χ0v) is 11.2. The van der Waals surface area contributed by atoms with E-state index >= 15 is 0 Å². The van der Waals surface area contributed by atoms with Crippen molar-refractivity contribution in [2.24, 2.45) is 5.92 Å². The lowest BCUT2D eigenvalue weighted by Crippen LogP contribution is -2.24. The number of hydrogen-bond donors (Lipinski definition) is 0. The van der Waals surface area contributed by atoms with Crippen LogP contribution in [-0.2, 0) is 16.1 Å². The van der Waals surface area contributed by atoms with E-state index in [4.69, 9.17) is 4.74 Å². The number of ether oxygens (including phenoxy) is 1. The van der Waals surface area contributed by atoms with Gasteiger partial charge in [0.15, 0.2) is 0 Å². The first-order valence-corrected chi connectivity index (χ1v) is 6.28. The quantitative estimate of drug-likeness (QED) is 0.561. The van der Waals surface area contributed by atoms with Gasteiger partial charge in [-0.15, -0.1) is 0 Å². The van der Waals surface area contributed by atoms with Crippen molar-refractivity contribution in [3.63, 3.8) is 0 Å². The Kier molecular flexibility index (Phi) is 6.45. The molecule has 1 rings (SSSR count). The number of rotatable bonds is 7. The van der Waals surface area contributed by atoms with E-state index in [1.165, 1.54) is 0 Å². The van der Waals surface area contributed by atoms with Gasteiger partial charge in [-0.05, 0) is 11.5 Å². The lowest BCUT2D eigenvalue weighted by Gasteiger charge is -2.08. The molecule has 20 heavy (non-hydrogen) atoms. The summed E-state index contributed by atoms with van der Waals surface area (Å²) < 4.78 is 41.5. The van der Waals surface area contributed by atoms with Crippen LogP contribution >= 0.6 is 0 Å². The third-order valence-corrected chi connectivity index (χ3v) is 2.61. The molecule has 0 bridgehead atoms. The minimum Gasteiger partial charge on any atom is -0.373 e. The number of carbonyl (C=O) groups excluding carboxylic acids is 1. The highest BCUT2D eigenvalue weighted by atomic mass is 19.4. The summed E-state index contributed by atoms with van der Waals surface area (Å²) in [5.74, 6) is -2.15. The summed E-state index contributed by atoms with van der Waals surface area (Å²) in [5, 5.41) is 0. The van der Waals surface area contributed by atoms with Crippen LogP contribution in [0.4, 0.5) is 13.2 Å². The molecule has 0 saturated carbocycles. The van der Waals surface area contributed by atoms with Crippen LogP contribution in [-0.4, -0.2) is 18.6 Å². The first kappa shape index (κ1) is 16.4. The van der Waals surface area contributed by atoms with Crippen molar-refractivity contribution in [1.29, 1.82) is 0 Å². The third-order valence-electron chi connectivity index (χ3n) is 2.61. The molecule has 0 amide bonds. The first-order chi connectivity index (χ1) is 9.39. The predicted octanol–water partition coefficient (Wildman–Crippen LogP) is 3.92. The molecule has 1 atom stereocenters. The molecule has 0 aliphatic carbocycles. The van der Waals surface area contributed by atoms with Crippen molar-refractivity contribution in [3.8, 4) is 0 Å². The van der Waals surface area contributed by atoms with Crippen molar-refractivity contribution < 1.29 is 22.7 Å². The van der Waals surface area contributed by atoms with Crippen LogP contribution in [0.15, 0.2) is 42.5 Å². The predicted molar refractivity (Wildman–Crippen MR) is 70.1 cm³/mol. The average Bonchev–Trinajstić information content (AvgIpc) is 2.38. The van der Waals surface area contributed by atoms with E-state index in [0.29, 0.717) is 13.2 Å². The Bertz CT molecular complexity index is 438. The number of allylic oxidation sites excluding steroid dienone is 1. The van der Waals surface area contributed by atoms with E-state index < -0.39 is 24.3 Å². The Balaban J connectivity index is 2.23. The van der Waals surface area contributed by atoms with E-state index in [0.717, 1.165) is 5.56 Å². The number of halogens is 3. The number of carbonyl (C=O) groups is 1. The zero-order chi connectivity index (χ0) is 15.0. The summed E-state index contributed by atoms with van der Waals surface area (Å²) in [6.45, 7) is 2.32. The second-order valence-corrected chi connectivity index (χ2v) is 4.53. The van der Waals surface area contributed by atoms with Gasteiger partial charge < -0.3 is 4.74 Å². The van der Waals surface area contributed by atoms with Crippen LogP contribution in [0.1, 0.15) is 18.9 Å². The summed E-state index contributed by atoms with van der Waals surface area (Å²) in [7, 11) is 0. The van der Waals surface area contributed by atoms with Gasteiger partial charge in [-0.2, -0.15) is 13.2 Å². The molecular formula is C15H17F3O2. The summed E-state index contributed by atoms with van der Waals surface area (Å²) >= 11 is 0. The third kappa shape index (κ3) is 6.52. The van der Waals surface area contributed by atoms with E-state index in [9.17, 15) is 18.0 Å². The maximum Gasteiger partial charge on any atom is 0.449 e. The largest absolute Gasteiger partial charge is 0.449 e. The highest BCUT2D eigenvalue weighted by Crippen LogP contribution is 2.20. The molecule has 0 unspecified atom stereocenters. The second kappa shape index (κ2) is 7.85. The van der Waals surface area contributed by atoms with Crippen LogP contribution in [0.2, 0.25) is 0 Å². The lowest BCUT2D eigenvalue weighted by molar-refractivity contribution is -0.171. The molecule has 0 radical (unpaired) electrons. The lowest BCUT2D eigenvalue weighted by atomic mass is 10.0. The molecule has 110 valence electrons. The zero-order valence-electron chi connectivity index (χ0n) is 11.2. The number of hydrogen-bond acceptors (Lipinski definition) is 2. The maximum absolute atomic E-state index is 12.0. The van der Waals surface area contributed by atoms with E-state index in [2.05, 4.69) is 0 Å². The number of benzene rings is 1. The van der Waals surface area contributed by atoms with Crippen molar-refractivity contribution in [2.75, 3.05) is 6.61 Å². The number of alkyl halides is 3. The van der Waals surface area contributed by atoms with Crippen molar-refractivity contribution in [3.05, 3.63) is 48.0 Å². The van der Waals surface area contributed by atoms with Crippen LogP contribution in [0.3, 0.4) is 0 Å². The maximum atomic E-state index is 12.0. The van der Waals surface area contributed by atoms with Gasteiger partial charge in [0.2, 0.25) is 5.78 Å². The normalized spacial score (nSPS) is 13.6. The smallest absolute Gasteiger partial charge is 0.373 e. The number of ketones is 1. The molecule has 1 aromatic carbocycles. The summed E-state index contributed by atoms with van der Waals surface area (Å²) in [6.07, 6.45) is -2.07. The molecule has 0 heterocycles. The topological polar surface area (TPSA) is 26.3 Å². The molecule has 0 N–H and O–H groups in total. The van der Waals surface area contributed by atoms with E-state index in [-0.39, 0.29) is 0 Å². The van der Waals surface area contributed by atoms with Crippen molar-refractivity contribution in [2.45, 2.75) is 26.1 Å². The Morgan fingerprint density at radius 1 is 1.30 bits per heavy atom. The fourth-order valence-electron chi connectivity index (χ4n) is 1.58. The Morgan fingerprint density at radius 3 is 2.55 bits per heavy atom. The fraction of sp³-hybridized carbons (Fsp3) is 0.400. The standard InChI is InChI=1S/C15H17F3O2/c1-12(10-14(19)15(16,17)18)6-5-9-20-11-13-7-3-2-4-8-13/h2-8,12H,9-11H2,1H3/t12-/m1/s1. The van der Waals surface area contributed by atoms with Crippen LogP contribution in [0, 0.1) is 5.92 Å². The Labute approximate surface area is 116 Å². The monoisotopic (exact) mass is 286 g/mol. The molecule has 5 heteroatoms. The van der Waals surface area contributed by atoms with Crippen LogP contribution < -0.4 is 0 Å². The van der Waals surface area contributed by atoms with Crippen molar-refractivity contribution in [1.82, 2.24) is 0 Å². The van der Waals surface area contributed by atoms with Gasteiger partial charge in [-0.25, -0.2) is 0 Å². The van der Waals surface area contributed by atoms with Gasteiger partial charge in [0, 0.05) is 6.42 Å². The molecule has 0 aliphatic rings. The second-order valence-electron chi connectivity index (χ2n) is 4.53. The Hall–Kier alpha value is -1.62. The van der Waals surface area contributed by atoms with E-state index in [1.807, 2.05) is 30.3 Å². The fourth-order valence-corrected chi connectivity index (χ4v) is 1.58. The molecule has 0 aromatic heterocycles. The first-order valence-electron chi connectivity index (χ1n) is 6.28. The summed E-state index contributed by atoms with van der Waals surface area (Å²) in [6, 6.07) is 9.56. The summed E-state index contributed by atoms with van der Waals surface area (Å²) in [5.41, 5.74) is 1.03. The molecule has 0 spiro atoms. The van der Waals surface area contributed by atoms with Crippen LogP contribution in [0.25, 0.3) is 0 Å². The van der Waals surface area contributed by atoms with Gasteiger partial charge in [-0.3, -0.25) is 4.79 Å². The number of Topliss-reactive ketones (excluding diaryl/α,β-unsaturated/α-hetero) is 1. The van der Waals surface area contributed by atoms with Gasteiger partial charge in [-0.1, -0.05) is 49.4 Å².